The number of ether oxygens (including phenoxy) is 2. The summed E-state index contributed by atoms with van der Waals surface area (Å²) in [4.78, 5) is 36.3. The number of amides is 1. The van der Waals surface area contributed by atoms with Gasteiger partial charge in [-0.2, -0.15) is 0 Å². The van der Waals surface area contributed by atoms with Crippen LogP contribution in [0.5, 0.6) is 0 Å². The SMILES string of the molecule is COC(=O)c1ccc(C[C@H](NC(=O)c2ccc(C(C)(C)C)cc2)C(=O)OC)cc1.[HH]. The predicted molar refractivity (Wildman–Crippen MR) is 112 cm³/mol. The Bertz CT molecular complexity index is 870. The fraction of sp³-hybridized carbons (Fsp3) is 0.348. The van der Waals surface area contributed by atoms with Crippen molar-refractivity contribution >= 4 is 17.8 Å². The monoisotopic (exact) mass is 399 g/mol. The third-order valence-electron chi connectivity index (χ3n) is 4.62. The van der Waals surface area contributed by atoms with Crippen LogP contribution in [0.25, 0.3) is 0 Å². The Morgan fingerprint density at radius 3 is 1.93 bits per heavy atom. The molecule has 2 aromatic rings. The second-order valence-electron chi connectivity index (χ2n) is 7.77. The van der Waals surface area contributed by atoms with Gasteiger partial charge in [0.2, 0.25) is 0 Å². The highest BCUT2D eigenvalue weighted by Crippen LogP contribution is 2.22. The van der Waals surface area contributed by atoms with Gasteiger partial charge in [0, 0.05) is 13.4 Å². The fourth-order valence-corrected chi connectivity index (χ4v) is 2.83. The largest absolute Gasteiger partial charge is 0.467 e. The number of benzene rings is 2. The van der Waals surface area contributed by atoms with E-state index in [1.54, 1.807) is 36.4 Å². The van der Waals surface area contributed by atoms with E-state index in [1.165, 1.54) is 14.2 Å². The normalized spacial score (nSPS) is 12.0. The Kier molecular flexibility index (Phi) is 7.15. The standard InChI is InChI=1S/C23H27NO5.H2/c1-23(2,3)18-12-10-16(11-13-18)20(25)24-19(22(27)29-5)14-15-6-8-17(9-7-15)21(26)28-4;/h6-13,19H,14H2,1-5H3,(H,24,25);1H/t19-;/m0./s1. The third-order valence-corrected chi connectivity index (χ3v) is 4.62. The third kappa shape index (κ3) is 5.91. The molecule has 0 aromatic heterocycles. The van der Waals surface area contributed by atoms with E-state index >= 15 is 0 Å². The molecule has 1 atom stereocenters. The van der Waals surface area contributed by atoms with Crippen LogP contribution in [-0.2, 0) is 26.1 Å². The summed E-state index contributed by atoms with van der Waals surface area (Å²) < 4.78 is 9.51. The molecule has 0 aliphatic rings. The van der Waals surface area contributed by atoms with Gasteiger partial charge in [0.1, 0.15) is 6.04 Å². The van der Waals surface area contributed by atoms with Crippen molar-refractivity contribution < 1.29 is 25.3 Å². The lowest BCUT2D eigenvalue weighted by molar-refractivity contribution is -0.142. The first-order chi connectivity index (χ1) is 13.7. The van der Waals surface area contributed by atoms with Crippen LogP contribution in [0, 0.1) is 0 Å². The molecule has 6 nitrogen and oxygen atoms in total. The molecule has 29 heavy (non-hydrogen) atoms. The zero-order valence-electron chi connectivity index (χ0n) is 17.4. The molecule has 2 aromatic carbocycles. The molecule has 0 bridgehead atoms. The van der Waals surface area contributed by atoms with E-state index in [0.717, 1.165) is 11.1 Å². The van der Waals surface area contributed by atoms with Gasteiger partial charge in [0.25, 0.3) is 5.91 Å². The summed E-state index contributed by atoms with van der Waals surface area (Å²) in [6.07, 6.45) is 0.236. The van der Waals surface area contributed by atoms with E-state index in [1.807, 2.05) is 12.1 Å². The predicted octanol–water partition coefficient (Wildman–Crippen LogP) is 3.53. The van der Waals surface area contributed by atoms with Gasteiger partial charge in [-0.25, -0.2) is 9.59 Å². The number of esters is 2. The molecule has 0 aliphatic carbocycles. The number of nitrogens with one attached hydrogen (secondary N) is 1. The van der Waals surface area contributed by atoms with Crippen molar-refractivity contribution in [1.29, 1.82) is 0 Å². The molecule has 0 saturated heterocycles. The molecule has 0 unspecified atom stereocenters. The van der Waals surface area contributed by atoms with Gasteiger partial charge >= 0.3 is 11.9 Å². The van der Waals surface area contributed by atoms with Gasteiger partial charge < -0.3 is 14.8 Å². The molecule has 1 N–H and O–H groups in total. The minimum atomic E-state index is -0.848. The first kappa shape index (κ1) is 22.1. The summed E-state index contributed by atoms with van der Waals surface area (Å²) in [6, 6.07) is 13.1. The van der Waals surface area contributed by atoms with Crippen molar-refractivity contribution in [2.24, 2.45) is 0 Å². The summed E-state index contributed by atoms with van der Waals surface area (Å²) in [7, 11) is 2.59. The molecule has 0 spiro atoms. The zero-order chi connectivity index (χ0) is 21.6. The summed E-state index contributed by atoms with van der Waals surface area (Å²) in [6.45, 7) is 6.29. The minimum absolute atomic E-state index is 0. The minimum Gasteiger partial charge on any atom is -0.467 e. The lowest BCUT2D eigenvalue weighted by atomic mass is 9.86. The Labute approximate surface area is 172 Å². The summed E-state index contributed by atoms with van der Waals surface area (Å²) >= 11 is 0. The average Bonchev–Trinajstić information content (AvgIpc) is 2.72. The van der Waals surface area contributed by atoms with E-state index in [4.69, 9.17) is 4.74 Å². The smallest absolute Gasteiger partial charge is 0.337 e. The number of carbonyl (C=O) groups is 3. The number of hydrogen-bond acceptors (Lipinski definition) is 5. The summed E-state index contributed by atoms with van der Waals surface area (Å²) in [5, 5.41) is 2.73. The summed E-state index contributed by atoms with van der Waals surface area (Å²) in [5.41, 5.74) is 2.75. The quantitative estimate of drug-likeness (QED) is 0.752. The first-order valence-corrected chi connectivity index (χ1v) is 9.32. The Hall–Kier alpha value is -3.15. The van der Waals surface area contributed by atoms with Crippen LogP contribution in [0.2, 0.25) is 0 Å². The van der Waals surface area contributed by atoms with Gasteiger partial charge in [-0.3, -0.25) is 4.79 Å². The highest BCUT2D eigenvalue weighted by Gasteiger charge is 2.23. The second-order valence-corrected chi connectivity index (χ2v) is 7.77. The maximum Gasteiger partial charge on any atom is 0.337 e. The Morgan fingerprint density at radius 2 is 1.45 bits per heavy atom. The van der Waals surface area contributed by atoms with Crippen molar-refractivity contribution in [2.45, 2.75) is 38.6 Å². The lowest BCUT2D eigenvalue weighted by Gasteiger charge is -2.20. The molecule has 0 aliphatic heterocycles. The maximum atomic E-state index is 12.6. The highest BCUT2D eigenvalue weighted by atomic mass is 16.5. The Balaban J connectivity index is 0.00000450. The van der Waals surface area contributed by atoms with Crippen LogP contribution in [0.3, 0.4) is 0 Å². The molecule has 6 heteroatoms. The average molecular weight is 399 g/mol. The van der Waals surface area contributed by atoms with E-state index in [-0.39, 0.29) is 19.2 Å². The second kappa shape index (κ2) is 9.37. The zero-order valence-corrected chi connectivity index (χ0v) is 17.4. The highest BCUT2D eigenvalue weighted by molar-refractivity contribution is 5.97. The maximum absolute atomic E-state index is 12.6. The van der Waals surface area contributed by atoms with Gasteiger partial charge in [-0.15, -0.1) is 0 Å². The fourth-order valence-electron chi connectivity index (χ4n) is 2.83. The molecular formula is C23H29NO5. The molecular weight excluding hydrogens is 370 g/mol. The van der Waals surface area contributed by atoms with Crippen LogP contribution in [-0.4, -0.2) is 38.1 Å². The van der Waals surface area contributed by atoms with Crippen molar-refractivity contribution in [3.63, 3.8) is 0 Å². The summed E-state index contributed by atoms with van der Waals surface area (Å²) in [5.74, 6) is -1.33. The van der Waals surface area contributed by atoms with E-state index in [0.29, 0.717) is 11.1 Å². The Morgan fingerprint density at radius 1 is 0.897 bits per heavy atom. The molecule has 0 radical (unpaired) electrons. The van der Waals surface area contributed by atoms with E-state index < -0.39 is 18.0 Å². The number of hydrogen-bond donors (Lipinski definition) is 1. The topological polar surface area (TPSA) is 81.7 Å². The van der Waals surface area contributed by atoms with Crippen molar-refractivity contribution in [3.05, 3.63) is 70.8 Å². The van der Waals surface area contributed by atoms with Crippen LogP contribution < -0.4 is 5.32 Å². The molecule has 1 amide bonds. The van der Waals surface area contributed by atoms with Crippen molar-refractivity contribution in [3.8, 4) is 0 Å². The van der Waals surface area contributed by atoms with Crippen molar-refractivity contribution in [2.75, 3.05) is 14.2 Å². The number of carbonyl (C=O) groups excluding carboxylic acids is 3. The molecule has 0 saturated carbocycles. The van der Waals surface area contributed by atoms with Gasteiger partial charge in [-0.05, 0) is 40.8 Å². The molecule has 156 valence electrons. The molecule has 0 heterocycles. The van der Waals surface area contributed by atoms with Crippen LogP contribution in [0.4, 0.5) is 0 Å². The van der Waals surface area contributed by atoms with Crippen molar-refractivity contribution in [1.82, 2.24) is 5.32 Å². The van der Waals surface area contributed by atoms with Crippen LogP contribution in [0.1, 0.15) is 54.0 Å². The number of rotatable bonds is 6. The van der Waals surface area contributed by atoms with Crippen LogP contribution in [0.15, 0.2) is 48.5 Å². The lowest BCUT2D eigenvalue weighted by Crippen LogP contribution is -2.43. The van der Waals surface area contributed by atoms with Gasteiger partial charge in [-0.1, -0.05) is 45.0 Å². The molecule has 0 fully saturated rings. The number of methoxy groups -OCH3 is 2. The van der Waals surface area contributed by atoms with E-state index in [2.05, 4.69) is 30.8 Å². The van der Waals surface area contributed by atoms with Crippen LogP contribution >= 0.6 is 0 Å². The van der Waals surface area contributed by atoms with Gasteiger partial charge in [0.05, 0.1) is 19.8 Å². The van der Waals surface area contributed by atoms with Gasteiger partial charge in [0.15, 0.2) is 0 Å². The van der Waals surface area contributed by atoms with E-state index in [9.17, 15) is 14.4 Å². The molecule has 2 rings (SSSR count). The first-order valence-electron chi connectivity index (χ1n) is 9.32.